The van der Waals surface area contributed by atoms with E-state index in [9.17, 15) is 14.4 Å². The molecule has 0 radical (unpaired) electrons. The maximum Gasteiger partial charge on any atom is 0.404 e. The molecule has 0 aliphatic carbocycles. The number of anilines is 1. The summed E-state index contributed by atoms with van der Waals surface area (Å²) in [6.07, 6.45) is -0.937. The minimum atomic E-state index is -1.16. The van der Waals surface area contributed by atoms with Gasteiger partial charge >= 0.3 is 18.1 Å². The van der Waals surface area contributed by atoms with Gasteiger partial charge in [-0.1, -0.05) is 11.6 Å². The number of carboxylic acid groups (broad SMARTS) is 1. The topological polar surface area (TPSA) is 131 Å². The monoisotopic (exact) mass is 301 g/mol. The minimum absolute atomic E-state index is 0.0511. The van der Waals surface area contributed by atoms with Gasteiger partial charge in [0.2, 0.25) is 0 Å². The Labute approximate surface area is 118 Å². The number of urea groups is 1. The third kappa shape index (κ3) is 5.44. The van der Waals surface area contributed by atoms with Crippen molar-refractivity contribution < 1.29 is 24.2 Å². The Morgan fingerprint density at radius 3 is 2.60 bits per heavy atom. The van der Waals surface area contributed by atoms with Gasteiger partial charge in [0, 0.05) is 10.7 Å². The fraction of sp³-hybridized carbons (Fsp3) is 0.182. The van der Waals surface area contributed by atoms with Gasteiger partial charge < -0.3 is 26.2 Å². The quantitative estimate of drug-likeness (QED) is 0.608. The number of carboxylic acids is 1. The zero-order chi connectivity index (χ0) is 15.1. The summed E-state index contributed by atoms with van der Waals surface area (Å²) >= 11 is 5.73. The highest BCUT2D eigenvalue weighted by atomic mass is 35.5. The molecule has 0 aliphatic heterocycles. The molecule has 3 amide bonds. The molecule has 0 saturated carbocycles. The minimum Gasteiger partial charge on any atom is -0.478 e. The van der Waals surface area contributed by atoms with Gasteiger partial charge in [-0.05, 0) is 18.2 Å². The summed E-state index contributed by atoms with van der Waals surface area (Å²) in [6.45, 7) is -0.0141. The van der Waals surface area contributed by atoms with Gasteiger partial charge in [-0.2, -0.15) is 0 Å². The molecular formula is C11H12ClN3O5. The first kappa shape index (κ1) is 15.6. The standard InChI is InChI=1S/C11H12ClN3O5/c12-7-3-6(9(16)17)4-8(5-7)15-11(19)14-1-2-20-10(13)18/h3-5H,1-2H2,(H2,13,18)(H,16,17)(H2,14,15,19). The van der Waals surface area contributed by atoms with Crippen molar-refractivity contribution in [1.29, 1.82) is 0 Å². The highest BCUT2D eigenvalue weighted by molar-refractivity contribution is 6.31. The number of nitrogens with one attached hydrogen (secondary N) is 2. The van der Waals surface area contributed by atoms with Crippen LogP contribution in [-0.2, 0) is 4.74 Å². The highest BCUT2D eigenvalue weighted by Gasteiger charge is 2.08. The van der Waals surface area contributed by atoms with Crippen LogP contribution in [0.2, 0.25) is 5.02 Å². The van der Waals surface area contributed by atoms with Crippen molar-refractivity contribution in [2.24, 2.45) is 5.73 Å². The molecule has 1 rings (SSSR count). The van der Waals surface area contributed by atoms with Crippen molar-refractivity contribution in [3.63, 3.8) is 0 Å². The molecule has 8 nitrogen and oxygen atoms in total. The molecule has 0 saturated heterocycles. The van der Waals surface area contributed by atoms with E-state index in [1.165, 1.54) is 18.2 Å². The number of hydrogen-bond donors (Lipinski definition) is 4. The Hall–Kier alpha value is -2.48. The van der Waals surface area contributed by atoms with E-state index in [0.29, 0.717) is 0 Å². The number of benzene rings is 1. The number of amides is 3. The Morgan fingerprint density at radius 1 is 1.30 bits per heavy atom. The second-order valence-corrected chi connectivity index (χ2v) is 4.02. The first-order chi connectivity index (χ1) is 9.38. The van der Waals surface area contributed by atoms with Crippen molar-refractivity contribution in [3.8, 4) is 0 Å². The van der Waals surface area contributed by atoms with Crippen molar-refractivity contribution in [3.05, 3.63) is 28.8 Å². The van der Waals surface area contributed by atoms with Crippen LogP contribution < -0.4 is 16.4 Å². The summed E-state index contributed by atoms with van der Waals surface area (Å²) in [5.41, 5.74) is 4.91. The van der Waals surface area contributed by atoms with Gasteiger partial charge in [0.1, 0.15) is 6.61 Å². The molecular weight excluding hydrogens is 290 g/mol. The maximum absolute atomic E-state index is 11.5. The predicted molar refractivity (Wildman–Crippen MR) is 71.0 cm³/mol. The van der Waals surface area contributed by atoms with Crippen LogP contribution in [0.15, 0.2) is 18.2 Å². The average Bonchev–Trinajstić information content (AvgIpc) is 2.33. The lowest BCUT2D eigenvalue weighted by atomic mass is 10.2. The zero-order valence-corrected chi connectivity index (χ0v) is 10.9. The first-order valence-corrected chi connectivity index (χ1v) is 5.77. The van der Waals surface area contributed by atoms with E-state index in [4.69, 9.17) is 22.4 Å². The number of nitrogens with two attached hydrogens (primary N) is 1. The van der Waals surface area contributed by atoms with Crippen LogP contribution in [0, 0.1) is 0 Å². The Morgan fingerprint density at radius 2 is 2.00 bits per heavy atom. The second-order valence-electron chi connectivity index (χ2n) is 3.58. The van der Waals surface area contributed by atoms with Crippen LogP contribution in [0.5, 0.6) is 0 Å². The molecule has 0 bridgehead atoms. The molecule has 108 valence electrons. The van der Waals surface area contributed by atoms with E-state index in [2.05, 4.69) is 15.4 Å². The molecule has 9 heteroatoms. The predicted octanol–water partition coefficient (Wildman–Crippen LogP) is 1.26. The summed E-state index contributed by atoms with van der Waals surface area (Å²) in [5, 5.41) is 13.8. The van der Waals surface area contributed by atoms with Gasteiger partial charge in [0.05, 0.1) is 12.1 Å². The van der Waals surface area contributed by atoms with Crippen molar-refractivity contribution in [2.75, 3.05) is 18.5 Å². The molecule has 0 unspecified atom stereocenters. The van der Waals surface area contributed by atoms with Gasteiger partial charge in [0.15, 0.2) is 0 Å². The molecule has 1 aromatic carbocycles. The fourth-order valence-electron chi connectivity index (χ4n) is 1.28. The highest BCUT2D eigenvalue weighted by Crippen LogP contribution is 2.19. The van der Waals surface area contributed by atoms with Crippen LogP contribution in [-0.4, -0.2) is 36.4 Å². The Kier molecular flexibility index (Phi) is 5.60. The van der Waals surface area contributed by atoms with E-state index in [1.54, 1.807) is 0 Å². The molecule has 0 atom stereocenters. The van der Waals surface area contributed by atoms with Gasteiger partial charge in [-0.15, -0.1) is 0 Å². The van der Waals surface area contributed by atoms with Crippen molar-refractivity contribution >= 4 is 35.4 Å². The number of carbonyl (C=O) groups is 3. The summed E-state index contributed by atoms with van der Waals surface area (Å²) in [5.74, 6) is -1.16. The summed E-state index contributed by atoms with van der Waals surface area (Å²) < 4.78 is 4.41. The smallest absolute Gasteiger partial charge is 0.404 e. The van der Waals surface area contributed by atoms with Crippen LogP contribution in [0.25, 0.3) is 0 Å². The number of rotatable bonds is 5. The molecule has 0 spiro atoms. The Balaban J connectivity index is 2.53. The van der Waals surface area contributed by atoms with E-state index >= 15 is 0 Å². The number of carbonyl (C=O) groups excluding carboxylic acids is 2. The van der Waals surface area contributed by atoms with Gasteiger partial charge in [0.25, 0.3) is 0 Å². The molecule has 0 heterocycles. The lowest BCUT2D eigenvalue weighted by molar-refractivity contribution is 0.0697. The first-order valence-electron chi connectivity index (χ1n) is 5.39. The van der Waals surface area contributed by atoms with Crippen LogP contribution in [0.3, 0.4) is 0 Å². The molecule has 1 aromatic rings. The van der Waals surface area contributed by atoms with Gasteiger partial charge in [-0.25, -0.2) is 14.4 Å². The lowest BCUT2D eigenvalue weighted by Crippen LogP contribution is -2.32. The van der Waals surface area contributed by atoms with Crippen molar-refractivity contribution in [1.82, 2.24) is 5.32 Å². The summed E-state index contributed by atoms with van der Waals surface area (Å²) in [6, 6.07) is 3.31. The third-order valence-electron chi connectivity index (χ3n) is 2.03. The summed E-state index contributed by atoms with van der Waals surface area (Å²) in [4.78, 5) is 32.6. The van der Waals surface area contributed by atoms with Crippen LogP contribution in [0.4, 0.5) is 15.3 Å². The van der Waals surface area contributed by atoms with E-state index in [-0.39, 0.29) is 29.4 Å². The molecule has 0 aliphatic rings. The number of ether oxygens (including phenoxy) is 1. The largest absolute Gasteiger partial charge is 0.478 e. The Bertz CT molecular complexity index is 535. The summed E-state index contributed by atoms with van der Waals surface area (Å²) in [7, 11) is 0. The van der Waals surface area contributed by atoms with E-state index < -0.39 is 18.1 Å². The van der Waals surface area contributed by atoms with Crippen molar-refractivity contribution in [2.45, 2.75) is 0 Å². The number of aromatic carboxylic acids is 1. The third-order valence-corrected chi connectivity index (χ3v) is 2.25. The molecule has 0 aromatic heterocycles. The van der Waals surface area contributed by atoms with Gasteiger partial charge in [-0.3, -0.25) is 0 Å². The molecule has 20 heavy (non-hydrogen) atoms. The average molecular weight is 302 g/mol. The molecule has 5 N–H and O–H groups in total. The fourth-order valence-corrected chi connectivity index (χ4v) is 1.51. The molecule has 0 fully saturated rings. The number of primary amides is 1. The maximum atomic E-state index is 11.5. The van der Waals surface area contributed by atoms with Crippen LogP contribution >= 0.6 is 11.6 Å². The number of halogens is 1. The van der Waals surface area contributed by atoms with E-state index in [1.807, 2.05) is 0 Å². The van der Waals surface area contributed by atoms with E-state index in [0.717, 1.165) is 0 Å². The number of hydrogen-bond acceptors (Lipinski definition) is 4. The SMILES string of the molecule is NC(=O)OCCNC(=O)Nc1cc(Cl)cc(C(=O)O)c1. The van der Waals surface area contributed by atoms with Crippen LogP contribution in [0.1, 0.15) is 10.4 Å². The normalized spacial score (nSPS) is 9.65. The zero-order valence-electron chi connectivity index (χ0n) is 10.2. The second kappa shape index (κ2) is 7.19. The lowest BCUT2D eigenvalue weighted by Gasteiger charge is -2.08.